The third kappa shape index (κ3) is 6.26. The number of nitrogen functional groups attached to an aromatic ring is 1. The van der Waals surface area contributed by atoms with Crippen molar-refractivity contribution in [3.05, 3.63) is 40.1 Å². The van der Waals surface area contributed by atoms with E-state index in [1.807, 2.05) is 26.0 Å². The number of nitrogens with zero attached hydrogens (tertiary/aromatic N) is 3. The fourth-order valence-electron chi connectivity index (χ4n) is 4.50. The molecule has 3 rings (SSSR count). The third-order valence-corrected chi connectivity index (χ3v) is 6.30. The molecule has 200 valence electrons. The Morgan fingerprint density at radius 3 is 2.46 bits per heavy atom. The van der Waals surface area contributed by atoms with Gasteiger partial charge in [-0.05, 0) is 67.0 Å². The number of nitrogens with two attached hydrogens (primary N) is 1. The van der Waals surface area contributed by atoms with Gasteiger partial charge in [-0.3, -0.25) is 4.79 Å². The van der Waals surface area contributed by atoms with E-state index in [9.17, 15) is 9.90 Å². The number of hydrogen-bond donors (Lipinski definition) is 4. The largest absolute Gasteiger partial charge is 0.490 e. The number of aliphatic hydroxyl groups is 2. The molecule has 0 unspecified atom stereocenters. The molecule has 5 N–H and O–H groups in total. The first-order chi connectivity index (χ1) is 17.8. The Balaban J connectivity index is 1.89. The number of ether oxygens (including phenoxy) is 1. The molecule has 0 bridgehead atoms. The number of benzene rings is 1. The molecule has 37 heavy (non-hydrogen) atoms. The SMILES string of the molecule is CCc1cc(-c2noc(-c3c(N)nc(CC)c(CC)c3CC)n2)cc(C)c1OC[C@H](O)CNC(=O)CO. The molecule has 0 saturated carbocycles. The lowest BCUT2D eigenvalue weighted by Crippen LogP contribution is -2.36. The first-order valence-corrected chi connectivity index (χ1v) is 12.7. The van der Waals surface area contributed by atoms with Gasteiger partial charge >= 0.3 is 0 Å². The zero-order valence-corrected chi connectivity index (χ0v) is 22.2. The van der Waals surface area contributed by atoms with Crippen LogP contribution >= 0.6 is 0 Å². The van der Waals surface area contributed by atoms with Gasteiger partial charge in [0.05, 0.1) is 5.56 Å². The van der Waals surface area contributed by atoms with Crippen LogP contribution in [-0.4, -0.2) is 57.1 Å². The molecule has 0 saturated heterocycles. The highest BCUT2D eigenvalue weighted by Crippen LogP contribution is 2.35. The van der Waals surface area contributed by atoms with E-state index in [4.69, 9.17) is 20.1 Å². The van der Waals surface area contributed by atoms with Crippen LogP contribution < -0.4 is 15.8 Å². The van der Waals surface area contributed by atoms with Crippen LogP contribution in [0.15, 0.2) is 16.7 Å². The van der Waals surface area contributed by atoms with E-state index in [0.717, 1.165) is 47.2 Å². The summed E-state index contributed by atoms with van der Waals surface area (Å²) in [5.41, 5.74) is 12.9. The number of nitrogens with one attached hydrogen (secondary N) is 1. The summed E-state index contributed by atoms with van der Waals surface area (Å²) in [5, 5.41) is 25.6. The Bertz CT molecular complexity index is 1240. The quantitative estimate of drug-likeness (QED) is 0.287. The summed E-state index contributed by atoms with van der Waals surface area (Å²) in [5.74, 6) is 1.28. The summed E-state index contributed by atoms with van der Waals surface area (Å²) in [4.78, 5) is 20.5. The van der Waals surface area contributed by atoms with Crippen LogP contribution in [0.1, 0.15) is 55.6 Å². The van der Waals surface area contributed by atoms with Crippen LogP contribution in [0.5, 0.6) is 5.75 Å². The maximum Gasteiger partial charge on any atom is 0.262 e. The average Bonchev–Trinajstić information content (AvgIpc) is 3.39. The van der Waals surface area contributed by atoms with Crippen molar-refractivity contribution in [2.24, 2.45) is 0 Å². The lowest BCUT2D eigenvalue weighted by molar-refractivity contribution is -0.124. The second-order valence-electron chi connectivity index (χ2n) is 8.82. The molecule has 2 heterocycles. The van der Waals surface area contributed by atoms with Crippen molar-refractivity contribution in [1.82, 2.24) is 20.4 Å². The third-order valence-electron chi connectivity index (χ3n) is 6.30. The highest BCUT2D eigenvalue weighted by molar-refractivity contribution is 5.77. The normalized spacial score (nSPS) is 12.0. The molecule has 10 heteroatoms. The minimum atomic E-state index is -0.919. The van der Waals surface area contributed by atoms with E-state index >= 15 is 0 Å². The minimum absolute atomic E-state index is 0.00908. The fourth-order valence-corrected chi connectivity index (χ4v) is 4.50. The second kappa shape index (κ2) is 12.6. The summed E-state index contributed by atoms with van der Waals surface area (Å²) in [7, 11) is 0. The number of anilines is 1. The Kier molecular flexibility index (Phi) is 9.60. The molecule has 0 aliphatic rings. The number of hydrogen-bond acceptors (Lipinski definition) is 9. The van der Waals surface area contributed by atoms with Gasteiger partial charge in [0.2, 0.25) is 11.7 Å². The number of aliphatic hydroxyl groups excluding tert-OH is 2. The van der Waals surface area contributed by atoms with Crippen molar-refractivity contribution in [2.75, 3.05) is 25.5 Å². The summed E-state index contributed by atoms with van der Waals surface area (Å²) in [6.45, 7) is 9.53. The highest BCUT2D eigenvalue weighted by atomic mass is 16.5. The van der Waals surface area contributed by atoms with Gasteiger partial charge in [-0.15, -0.1) is 0 Å². The molecular weight excluding hydrogens is 474 g/mol. The Morgan fingerprint density at radius 2 is 1.84 bits per heavy atom. The van der Waals surface area contributed by atoms with Crippen molar-refractivity contribution in [3.8, 4) is 28.6 Å². The van der Waals surface area contributed by atoms with E-state index in [1.165, 1.54) is 5.56 Å². The zero-order valence-electron chi connectivity index (χ0n) is 22.2. The Hall–Kier alpha value is -3.50. The summed E-state index contributed by atoms with van der Waals surface area (Å²) >= 11 is 0. The molecule has 0 aliphatic carbocycles. The van der Waals surface area contributed by atoms with E-state index in [1.54, 1.807) is 0 Å². The minimum Gasteiger partial charge on any atom is -0.490 e. The molecule has 1 atom stereocenters. The molecular formula is C27H37N5O5. The summed E-state index contributed by atoms with van der Waals surface area (Å²) < 4.78 is 11.6. The first kappa shape index (κ1) is 28.1. The molecule has 0 aliphatic heterocycles. The van der Waals surface area contributed by atoms with Gasteiger partial charge < -0.3 is 30.5 Å². The van der Waals surface area contributed by atoms with Crippen LogP contribution in [0.4, 0.5) is 5.82 Å². The Morgan fingerprint density at radius 1 is 1.11 bits per heavy atom. The van der Waals surface area contributed by atoms with Gasteiger partial charge in [0.25, 0.3) is 5.89 Å². The highest BCUT2D eigenvalue weighted by Gasteiger charge is 2.23. The van der Waals surface area contributed by atoms with Gasteiger partial charge in [0.1, 0.15) is 30.9 Å². The molecule has 0 spiro atoms. The van der Waals surface area contributed by atoms with Gasteiger partial charge in [-0.2, -0.15) is 4.98 Å². The molecule has 10 nitrogen and oxygen atoms in total. The van der Waals surface area contributed by atoms with Gasteiger partial charge in [-0.1, -0.05) is 32.9 Å². The topological polar surface area (TPSA) is 157 Å². The van der Waals surface area contributed by atoms with Crippen molar-refractivity contribution in [3.63, 3.8) is 0 Å². The van der Waals surface area contributed by atoms with E-state index < -0.39 is 18.6 Å². The van der Waals surface area contributed by atoms with Crippen LogP contribution in [-0.2, 0) is 30.5 Å². The maximum atomic E-state index is 11.2. The number of carbonyl (C=O) groups excluding carboxylic acids is 1. The van der Waals surface area contributed by atoms with Crippen molar-refractivity contribution in [1.29, 1.82) is 0 Å². The standard InChI is InChI=1S/C27H37N5O5/c1-6-16-11-17(10-15(5)24(16)36-14-18(34)12-29-22(35)13-33)26-31-27(37-32-26)23-20(8-3)19(7-2)21(9-4)30-25(23)28/h10-11,18,33-34H,6-9,12-14H2,1-5H3,(H2,28,30)(H,29,35)/t18-/m1/s1. The lowest BCUT2D eigenvalue weighted by atomic mass is 9.95. The van der Waals surface area contributed by atoms with Crippen molar-refractivity contribution in [2.45, 2.75) is 66.4 Å². The first-order valence-electron chi connectivity index (χ1n) is 12.7. The zero-order chi connectivity index (χ0) is 27.1. The molecule has 3 aromatic rings. The predicted molar refractivity (Wildman–Crippen MR) is 141 cm³/mol. The fraction of sp³-hybridized carbons (Fsp3) is 0.481. The number of rotatable bonds is 12. The molecule has 1 aromatic carbocycles. The van der Waals surface area contributed by atoms with Crippen LogP contribution in [0.25, 0.3) is 22.8 Å². The number of pyridine rings is 1. The second-order valence-corrected chi connectivity index (χ2v) is 8.82. The van der Waals surface area contributed by atoms with Crippen molar-refractivity contribution >= 4 is 11.7 Å². The predicted octanol–water partition coefficient (Wildman–Crippen LogP) is 2.79. The van der Waals surface area contributed by atoms with Crippen LogP contribution in [0, 0.1) is 6.92 Å². The summed E-state index contributed by atoms with van der Waals surface area (Å²) in [6.07, 6.45) is 2.18. The monoisotopic (exact) mass is 511 g/mol. The number of aryl methyl sites for hydroxylation is 3. The van der Waals surface area contributed by atoms with E-state index in [2.05, 4.69) is 41.2 Å². The van der Waals surface area contributed by atoms with Crippen LogP contribution in [0.3, 0.4) is 0 Å². The number of amides is 1. The molecule has 1 amide bonds. The van der Waals surface area contributed by atoms with Gasteiger partial charge in [0.15, 0.2) is 0 Å². The van der Waals surface area contributed by atoms with E-state index in [0.29, 0.717) is 35.3 Å². The van der Waals surface area contributed by atoms with Gasteiger partial charge in [0, 0.05) is 17.8 Å². The summed E-state index contributed by atoms with van der Waals surface area (Å²) in [6, 6.07) is 3.85. The number of aromatic nitrogens is 3. The molecule has 2 aromatic heterocycles. The average molecular weight is 512 g/mol. The molecule has 0 fully saturated rings. The Labute approximate surface area is 217 Å². The number of carbonyl (C=O) groups is 1. The van der Waals surface area contributed by atoms with Crippen LogP contribution in [0.2, 0.25) is 0 Å². The van der Waals surface area contributed by atoms with E-state index in [-0.39, 0.29) is 13.2 Å². The molecule has 0 radical (unpaired) electrons. The smallest absolute Gasteiger partial charge is 0.262 e. The maximum absolute atomic E-state index is 11.2. The van der Waals surface area contributed by atoms with Crippen molar-refractivity contribution < 1.29 is 24.3 Å². The van der Waals surface area contributed by atoms with Gasteiger partial charge in [-0.25, -0.2) is 4.98 Å². The lowest BCUT2D eigenvalue weighted by Gasteiger charge is -2.17.